The van der Waals surface area contributed by atoms with Crippen LogP contribution in [0.25, 0.3) is 0 Å². The van der Waals surface area contributed by atoms with E-state index in [0.29, 0.717) is 13.1 Å². The topological polar surface area (TPSA) is 45.5 Å². The highest BCUT2D eigenvalue weighted by molar-refractivity contribution is 5.93. The standard InChI is InChI=1S/C16H20N2O2/c1-12-6-4-7-13(2)16(12)17-15(19)11-18(3)10-14-8-5-9-20-14/h4-9H,10-11H2,1-3H3,(H,17,19). The summed E-state index contributed by atoms with van der Waals surface area (Å²) < 4.78 is 5.27. The highest BCUT2D eigenvalue weighted by atomic mass is 16.3. The van der Waals surface area contributed by atoms with Gasteiger partial charge in [-0.15, -0.1) is 0 Å². The maximum atomic E-state index is 12.1. The van der Waals surface area contributed by atoms with E-state index in [1.54, 1.807) is 6.26 Å². The van der Waals surface area contributed by atoms with Crippen molar-refractivity contribution in [3.8, 4) is 0 Å². The Morgan fingerprint density at radius 1 is 1.20 bits per heavy atom. The summed E-state index contributed by atoms with van der Waals surface area (Å²) in [4.78, 5) is 14.0. The number of anilines is 1. The van der Waals surface area contributed by atoms with Crippen molar-refractivity contribution in [1.29, 1.82) is 0 Å². The lowest BCUT2D eigenvalue weighted by Gasteiger charge is -2.16. The van der Waals surface area contributed by atoms with Crippen molar-refractivity contribution in [3.63, 3.8) is 0 Å². The van der Waals surface area contributed by atoms with E-state index in [4.69, 9.17) is 4.42 Å². The lowest BCUT2D eigenvalue weighted by Crippen LogP contribution is -2.30. The molecule has 0 radical (unpaired) electrons. The molecule has 0 spiro atoms. The van der Waals surface area contributed by atoms with Crippen LogP contribution in [0.3, 0.4) is 0 Å². The number of rotatable bonds is 5. The number of nitrogens with one attached hydrogen (secondary N) is 1. The van der Waals surface area contributed by atoms with Gasteiger partial charge in [0.05, 0.1) is 19.4 Å². The quantitative estimate of drug-likeness (QED) is 0.910. The molecule has 0 aliphatic carbocycles. The molecule has 0 fully saturated rings. The van der Waals surface area contributed by atoms with E-state index in [-0.39, 0.29) is 5.91 Å². The minimum atomic E-state index is -0.0172. The minimum absolute atomic E-state index is 0.0172. The third-order valence-corrected chi connectivity index (χ3v) is 3.16. The summed E-state index contributed by atoms with van der Waals surface area (Å²) in [5.74, 6) is 0.837. The molecule has 1 heterocycles. The maximum absolute atomic E-state index is 12.1. The van der Waals surface area contributed by atoms with Gasteiger partial charge in [0.15, 0.2) is 0 Å². The first kappa shape index (κ1) is 14.3. The first-order valence-corrected chi connectivity index (χ1v) is 6.63. The van der Waals surface area contributed by atoms with Crippen LogP contribution in [-0.4, -0.2) is 24.4 Å². The van der Waals surface area contributed by atoms with Gasteiger partial charge >= 0.3 is 0 Å². The zero-order valence-corrected chi connectivity index (χ0v) is 12.1. The van der Waals surface area contributed by atoms with Crippen molar-refractivity contribution < 1.29 is 9.21 Å². The Morgan fingerprint density at radius 2 is 1.90 bits per heavy atom. The van der Waals surface area contributed by atoms with E-state index in [1.165, 1.54) is 0 Å². The second-order valence-corrected chi connectivity index (χ2v) is 5.07. The van der Waals surface area contributed by atoms with Gasteiger partial charge in [-0.3, -0.25) is 9.69 Å². The van der Waals surface area contributed by atoms with Crippen molar-refractivity contribution in [2.45, 2.75) is 20.4 Å². The highest BCUT2D eigenvalue weighted by Gasteiger charge is 2.11. The number of amides is 1. The number of hydrogen-bond acceptors (Lipinski definition) is 3. The molecule has 4 nitrogen and oxygen atoms in total. The molecule has 0 saturated carbocycles. The molecule has 1 aromatic heterocycles. The molecule has 106 valence electrons. The predicted octanol–water partition coefficient (Wildman–Crippen LogP) is 2.97. The van der Waals surface area contributed by atoms with Crippen LogP contribution in [0.1, 0.15) is 16.9 Å². The van der Waals surface area contributed by atoms with Crippen molar-refractivity contribution in [2.75, 3.05) is 18.9 Å². The van der Waals surface area contributed by atoms with E-state index < -0.39 is 0 Å². The van der Waals surface area contributed by atoms with Crippen LogP contribution in [-0.2, 0) is 11.3 Å². The average Bonchev–Trinajstić information content (AvgIpc) is 2.86. The molecule has 2 aromatic rings. The molecule has 0 atom stereocenters. The number of nitrogens with zero attached hydrogens (tertiary/aromatic N) is 1. The van der Waals surface area contributed by atoms with Gasteiger partial charge in [0.2, 0.25) is 5.91 Å². The lowest BCUT2D eigenvalue weighted by atomic mass is 10.1. The zero-order valence-electron chi connectivity index (χ0n) is 12.1. The van der Waals surface area contributed by atoms with Crippen LogP contribution in [0.4, 0.5) is 5.69 Å². The molecule has 0 saturated heterocycles. The van der Waals surface area contributed by atoms with E-state index in [1.807, 2.05) is 56.1 Å². The van der Waals surface area contributed by atoms with E-state index in [9.17, 15) is 4.79 Å². The molecule has 4 heteroatoms. The Morgan fingerprint density at radius 3 is 2.50 bits per heavy atom. The van der Waals surface area contributed by atoms with E-state index >= 15 is 0 Å². The van der Waals surface area contributed by atoms with Crippen LogP contribution in [0.5, 0.6) is 0 Å². The first-order valence-electron chi connectivity index (χ1n) is 6.63. The predicted molar refractivity (Wildman–Crippen MR) is 79.6 cm³/mol. The summed E-state index contributed by atoms with van der Waals surface area (Å²) in [6.07, 6.45) is 1.64. The summed E-state index contributed by atoms with van der Waals surface area (Å²) in [7, 11) is 1.90. The number of furan rings is 1. The summed E-state index contributed by atoms with van der Waals surface area (Å²) in [5.41, 5.74) is 3.06. The van der Waals surface area contributed by atoms with Crippen molar-refractivity contribution in [2.24, 2.45) is 0 Å². The maximum Gasteiger partial charge on any atom is 0.238 e. The summed E-state index contributed by atoms with van der Waals surface area (Å²) >= 11 is 0. The van der Waals surface area contributed by atoms with Gasteiger partial charge in [0, 0.05) is 5.69 Å². The number of aryl methyl sites for hydroxylation is 2. The number of para-hydroxylation sites is 1. The molecule has 0 aliphatic heterocycles. The van der Waals surface area contributed by atoms with Crippen molar-refractivity contribution in [3.05, 3.63) is 53.5 Å². The second kappa shape index (κ2) is 6.39. The largest absolute Gasteiger partial charge is 0.468 e. The molecule has 2 rings (SSSR count). The molecular formula is C16H20N2O2. The fourth-order valence-corrected chi connectivity index (χ4v) is 2.16. The molecule has 0 unspecified atom stereocenters. The molecule has 0 aliphatic rings. The average molecular weight is 272 g/mol. The number of hydrogen-bond donors (Lipinski definition) is 1. The van der Waals surface area contributed by atoms with E-state index in [0.717, 1.165) is 22.6 Å². The van der Waals surface area contributed by atoms with Crippen molar-refractivity contribution in [1.82, 2.24) is 4.90 Å². The monoisotopic (exact) mass is 272 g/mol. The molecule has 20 heavy (non-hydrogen) atoms. The van der Waals surface area contributed by atoms with Crippen LogP contribution < -0.4 is 5.32 Å². The van der Waals surface area contributed by atoms with Gasteiger partial charge in [-0.2, -0.15) is 0 Å². The van der Waals surface area contributed by atoms with Crippen LogP contribution in [0, 0.1) is 13.8 Å². The summed E-state index contributed by atoms with van der Waals surface area (Å²) in [6, 6.07) is 9.73. The van der Waals surface area contributed by atoms with Crippen molar-refractivity contribution >= 4 is 11.6 Å². The Balaban J connectivity index is 1.92. The Labute approximate surface area is 119 Å². The van der Waals surface area contributed by atoms with Gasteiger partial charge in [-0.1, -0.05) is 18.2 Å². The Bertz CT molecular complexity index is 556. The SMILES string of the molecule is Cc1cccc(C)c1NC(=O)CN(C)Cc1ccco1. The van der Waals surface area contributed by atoms with Gasteiger partial charge in [-0.25, -0.2) is 0 Å². The normalized spacial score (nSPS) is 10.8. The number of benzene rings is 1. The summed E-state index contributed by atoms with van der Waals surface area (Å²) in [6.45, 7) is 4.94. The zero-order chi connectivity index (χ0) is 14.5. The number of carbonyl (C=O) groups excluding carboxylic acids is 1. The van der Waals surface area contributed by atoms with Gasteiger partial charge in [0.25, 0.3) is 0 Å². The Kier molecular flexibility index (Phi) is 4.58. The fourth-order valence-electron chi connectivity index (χ4n) is 2.16. The van der Waals surface area contributed by atoms with Crippen LogP contribution in [0.15, 0.2) is 41.0 Å². The molecule has 1 aromatic carbocycles. The smallest absolute Gasteiger partial charge is 0.238 e. The minimum Gasteiger partial charge on any atom is -0.468 e. The Hall–Kier alpha value is -2.07. The third kappa shape index (κ3) is 3.71. The van der Waals surface area contributed by atoms with Gasteiger partial charge in [0.1, 0.15) is 5.76 Å². The van der Waals surface area contributed by atoms with E-state index in [2.05, 4.69) is 5.32 Å². The molecule has 0 bridgehead atoms. The van der Waals surface area contributed by atoms with Crippen LogP contribution in [0.2, 0.25) is 0 Å². The fraction of sp³-hybridized carbons (Fsp3) is 0.312. The molecular weight excluding hydrogens is 252 g/mol. The van der Waals surface area contributed by atoms with Gasteiger partial charge < -0.3 is 9.73 Å². The first-order chi connectivity index (χ1) is 9.56. The molecule has 1 amide bonds. The lowest BCUT2D eigenvalue weighted by molar-refractivity contribution is -0.117. The van der Waals surface area contributed by atoms with Gasteiger partial charge in [-0.05, 0) is 44.2 Å². The second-order valence-electron chi connectivity index (χ2n) is 5.07. The third-order valence-electron chi connectivity index (χ3n) is 3.16. The summed E-state index contributed by atoms with van der Waals surface area (Å²) in [5, 5.41) is 2.98. The highest BCUT2D eigenvalue weighted by Crippen LogP contribution is 2.19. The number of likely N-dealkylation sites (N-methyl/N-ethyl adjacent to an activating group) is 1. The molecule has 1 N–H and O–H groups in total. The van der Waals surface area contributed by atoms with Crippen LogP contribution >= 0.6 is 0 Å². The number of carbonyl (C=O) groups is 1.